The molecule has 13 heteroatoms. The number of phenolic OH excluding ortho intramolecular Hbond substituents is 1. The number of carboxylic acid groups (broad SMARTS) is 4. The molecule has 0 atom stereocenters. The van der Waals surface area contributed by atoms with Crippen LogP contribution in [0.5, 0.6) is 11.5 Å². The van der Waals surface area contributed by atoms with Crippen molar-refractivity contribution in [1.29, 1.82) is 0 Å². The van der Waals surface area contributed by atoms with Gasteiger partial charge in [-0.15, -0.1) is 11.3 Å². The lowest BCUT2D eigenvalue weighted by Crippen LogP contribution is -2.25. The summed E-state index contributed by atoms with van der Waals surface area (Å²) in [7, 11) is 0. The van der Waals surface area contributed by atoms with Gasteiger partial charge in [-0.25, -0.2) is 19.2 Å². The molecule has 3 heterocycles. The van der Waals surface area contributed by atoms with Gasteiger partial charge in [0.25, 0.3) is 0 Å². The third-order valence-electron chi connectivity index (χ3n) is 8.82. The summed E-state index contributed by atoms with van der Waals surface area (Å²) in [4.78, 5) is 42.7. The van der Waals surface area contributed by atoms with Crippen molar-refractivity contribution in [2.24, 2.45) is 0 Å². The Morgan fingerprint density at radius 2 is 1.33 bits per heavy atom. The van der Waals surface area contributed by atoms with Crippen LogP contribution < -0.4 is 4.74 Å². The fraction of sp³-hybridized carbons (Fsp3) is 0.368. The standard InChI is InChI=1S/C34H40N2O2S.2C2H2O4/c1-24-19-26(7-8-28(24)23-36-15-5-6-16-36)21-31-30-11-10-29(37)22-33(30)39-34(31)27-9-12-32(25(2)20-27)38-18-17-35-13-3-4-14-35;2*3-1(4)2(5)6/h7-12,19-20,22,37H,3-6,13-18,21,23H2,1-2H3;2*(H,3,4)(H,5,6). The molecule has 51 heavy (non-hydrogen) atoms. The molecule has 0 spiro atoms. The van der Waals surface area contributed by atoms with Gasteiger partial charge in [0.15, 0.2) is 0 Å². The van der Waals surface area contributed by atoms with Gasteiger partial charge in [-0.05, 0) is 147 Å². The lowest BCUT2D eigenvalue weighted by molar-refractivity contribution is -0.159. The monoisotopic (exact) mass is 720 g/mol. The average Bonchev–Trinajstić information content (AvgIpc) is 3.86. The summed E-state index contributed by atoms with van der Waals surface area (Å²) in [6, 6.07) is 19.4. The highest BCUT2D eigenvalue weighted by atomic mass is 32.1. The van der Waals surface area contributed by atoms with E-state index in [4.69, 9.17) is 44.3 Å². The van der Waals surface area contributed by atoms with E-state index in [0.717, 1.165) is 36.6 Å². The number of rotatable bonds is 9. The van der Waals surface area contributed by atoms with Crippen molar-refractivity contribution in [3.8, 4) is 21.9 Å². The number of hydrogen-bond donors (Lipinski definition) is 5. The number of fused-ring (bicyclic) bond motifs is 1. The van der Waals surface area contributed by atoms with Gasteiger partial charge in [0.1, 0.15) is 18.1 Å². The number of ether oxygens (including phenoxy) is 1. The first-order chi connectivity index (χ1) is 24.3. The topological polar surface area (TPSA) is 185 Å². The zero-order chi connectivity index (χ0) is 37.1. The van der Waals surface area contributed by atoms with Crippen LogP contribution in [0.2, 0.25) is 0 Å². The van der Waals surface area contributed by atoms with Crippen molar-refractivity contribution in [1.82, 2.24) is 9.80 Å². The number of carbonyl (C=O) groups is 4. The van der Waals surface area contributed by atoms with Gasteiger partial charge in [0.2, 0.25) is 0 Å². The Balaban J connectivity index is 0.000000420. The molecule has 3 aromatic carbocycles. The maximum absolute atomic E-state index is 10.2. The van der Waals surface area contributed by atoms with E-state index in [1.807, 2.05) is 12.1 Å². The number of carboxylic acids is 4. The van der Waals surface area contributed by atoms with E-state index in [1.165, 1.54) is 95.5 Å². The maximum Gasteiger partial charge on any atom is 0.414 e. The Morgan fingerprint density at radius 3 is 1.90 bits per heavy atom. The van der Waals surface area contributed by atoms with Crippen LogP contribution in [-0.2, 0) is 32.1 Å². The first kappa shape index (κ1) is 38.8. The minimum Gasteiger partial charge on any atom is -0.508 e. The molecule has 2 aliphatic rings. The number of aliphatic carboxylic acids is 4. The second-order valence-electron chi connectivity index (χ2n) is 12.6. The molecule has 0 aliphatic carbocycles. The van der Waals surface area contributed by atoms with E-state index in [-0.39, 0.29) is 0 Å². The number of aromatic hydroxyl groups is 1. The van der Waals surface area contributed by atoms with E-state index in [2.05, 4.69) is 66.1 Å². The molecule has 0 saturated carbocycles. The van der Waals surface area contributed by atoms with Gasteiger partial charge >= 0.3 is 23.9 Å². The summed E-state index contributed by atoms with van der Waals surface area (Å²) < 4.78 is 7.32. The molecule has 12 nitrogen and oxygen atoms in total. The lowest BCUT2D eigenvalue weighted by atomic mass is 9.96. The van der Waals surface area contributed by atoms with Crippen molar-refractivity contribution in [2.75, 3.05) is 39.3 Å². The van der Waals surface area contributed by atoms with Gasteiger partial charge in [-0.2, -0.15) is 0 Å². The molecular weight excluding hydrogens is 676 g/mol. The molecule has 2 fully saturated rings. The van der Waals surface area contributed by atoms with Crippen LogP contribution in [0.25, 0.3) is 20.5 Å². The Morgan fingerprint density at radius 1 is 0.725 bits per heavy atom. The second kappa shape index (κ2) is 18.3. The van der Waals surface area contributed by atoms with Gasteiger partial charge in [0.05, 0.1) is 0 Å². The number of thiophene rings is 1. The number of hydrogen-bond acceptors (Lipinski definition) is 9. The second-order valence-corrected chi connectivity index (χ2v) is 13.7. The molecule has 0 radical (unpaired) electrons. The number of aryl methyl sites for hydroxylation is 2. The summed E-state index contributed by atoms with van der Waals surface area (Å²) >= 11 is 1.77. The van der Waals surface area contributed by atoms with Crippen molar-refractivity contribution in [3.05, 3.63) is 82.4 Å². The summed E-state index contributed by atoms with van der Waals surface area (Å²) in [6.07, 6.45) is 6.15. The minimum atomic E-state index is -1.82. The molecule has 0 unspecified atom stereocenters. The van der Waals surface area contributed by atoms with E-state index in [9.17, 15) is 5.11 Å². The van der Waals surface area contributed by atoms with E-state index >= 15 is 0 Å². The van der Waals surface area contributed by atoms with Gasteiger partial charge in [-0.1, -0.05) is 18.2 Å². The average molecular weight is 721 g/mol. The van der Waals surface area contributed by atoms with E-state index in [1.54, 1.807) is 11.3 Å². The normalized spacial score (nSPS) is 14.3. The molecular formula is C38H44N2O10S. The Hall–Kier alpha value is -4.98. The molecule has 2 aliphatic heterocycles. The fourth-order valence-corrected chi connectivity index (χ4v) is 7.47. The molecule has 4 aromatic rings. The highest BCUT2D eigenvalue weighted by Crippen LogP contribution is 2.42. The molecule has 6 rings (SSSR count). The lowest BCUT2D eigenvalue weighted by Gasteiger charge is -2.17. The zero-order valence-corrected chi connectivity index (χ0v) is 29.6. The summed E-state index contributed by atoms with van der Waals surface area (Å²) in [6.45, 7) is 12.0. The minimum absolute atomic E-state index is 0.321. The maximum atomic E-state index is 10.2. The smallest absolute Gasteiger partial charge is 0.414 e. The van der Waals surface area contributed by atoms with Crippen LogP contribution >= 0.6 is 11.3 Å². The third kappa shape index (κ3) is 11.3. The summed E-state index contributed by atoms with van der Waals surface area (Å²) in [5, 5.41) is 41.0. The number of nitrogens with zero attached hydrogens (tertiary/aromatic N) is 2. The zero-order valence-electron chi connectivity index (χ0n) is 28.8. The Labute approximate surface area is 300 Å². The van der Waals surface area contributed by atoms with Crippen LogP contribution in [-0.4, -0.2) is 98.5 Å². The van der Waals surface area contributed by atoms with Crippen LogP contribution in [0.1, 0.15) is 53.5 Å². The molecule has 2 saturated heterocycles. The van der Waals surface area contributed by atoms with Crippen LogP contribution in [0.15, 0.2) is 54.6 Å². The molecule has 0 amide bonds. The van der Waals surface area contributed by atoms with E-state index in [0.29, 0.717) is 5.75 Å². The quantitative estimate of drug-likeness (QED) is 0.130. The van der Waals surface area contributed by atoms with Crippen molar-refractivity contribution in [2.45, 2.75) is 52.5 Å². The first-order valence-corrected chi connectivity index (χ1v) is 17.6. The molecule has 272 valence electrons. The number of benzene rings is 3. The van der Waals surface area contributed by atoms with Crippen molar-refractivity contribution < 1.29 is 49.4 Å². The van der Waals surface area contributed by atoms with Crippen molar-refractivity contribution in [3.63, 3.8) is 0 Å². The highest BCUT2D eigenvalue weighted by molar-refractivity contribution is 7.22. The SMILES string of the molecule is Cc1cc(Cc2c(-c3ccc(OCCN4CCCC4)c(C)c3)sc3cc(O)ccc23)ccc1CN1CCCC1.O=C(O)C(=O)O.O=C(O)C(=O)O. The predicted molar refractivity (Wildman–Crippen MR) is 194 cm³/mol. The van der Waals surface area contributed by atoms with Crippen molar-refractivity contribution >= 4 is 45.3 Å². The first-order valence-electron chi connectivity index (χ1n) is 16.8. The van der Waals surface area contributed by atoms with E-state index < -0.39 is 23.9 Å². The molecule has 0 bridgehead atoms. The van der Waals surface area contributed by atoms with Gasteiger partial charge in [-0.3, -0.25) is 9.80 Å². The third-order valence-corrected chi connectivity index (χ3v) is 10.1. The Kier molecular flexibility index (Phi) is 13.9. The van der Waals surface area contributed by atoms with Crippen LogP contribution in [0.4, 0.5) is 0 Å². The highest BCUT2D eigenvalue weighted by Gasteiger charge is 2.18. The summed E-state index contributed by atoms with van der Waals surface area (Å²) in [5.74, 6) is -6.00. The summed E-state index contributed by atoms with van der Waals surface area (Å²) in [5.41, 5.74) is 7.88. The fourth-order valence-electron chi connectivity index (χ4n) is 6.22. The molecule has 5 N–H and O–H groups in total. The van der Waals surface area contributed by atoms with Crippen LogP contribution in [0.3, 0.4) is 0 Å². The molecule has 1 aromatic heterocycles. The largest absolute Gasteiger partial charge is 0.508 e. The van der Waals surface area contributed by atoms with Crippen LogP contribution in [0, 0.1) is 13.8 Å². The number of phenols is 1. The number of likely N-dealkylation sites (tertiary alicyclic amines) is 2. The predicted octanol–water partition coefficient (Wildman–Crippen LogP) is 5.86. The van der Waals surface area contributed by atoms with Gasteiger partial charge < -0.3 is 30.3 Å². The Bertz CT molecular complexity index is 1810. The van der Waals surface area contributed by atoms with Gasteiger partial charge in [0, 0.05) is 22.7 Å².